The van der Waals surface area contributed by atoms with Gasteiger partial charge < -0.3 is 10.2 Å². The van der Waals surface area contributed by atoms with Crippen molar-refractivity contribution in [1.29, 1.82) is 0 Å². The van der Waals surface area contributed by atoms with E-state index in [2.05, 4.69) is 48.3 Å². The molecular weight excluding hydrogens is 351 g/mol. The van der Waals surface area contributed by atoms with Gasteiger partial charge in [-0.05, 0) is 61.5 Å². The summed E-state index contributed by atoms with van der Waals surface area (Å²) < 4.78 is 13.2. The molecule has 1 aliphatic heterocycles. The second kappa shape index (κ2) is 9.83. The first-order chi connectivity index (χ1) is 13.5. The number of rotatable bonds is 7. The third-order valence-electron chi connectivity index (χ3n) is 5.71. The van der Waals surface area contributed by atoms with Crippen LogP contribution in [0, 0.1) is 17.7 Å². The minimum Gasteiger partial charge on any atom is -0.349 e. The van der Waals surface area contributed by atoms with Gasteiger partial charge in [0.25, 0.3) is 0 Å². The molecule has 1 unspecified atom stereocenters. The van der Waals surface area contributed by atoms with Crippen LogP contribution in [0.1, 0.15) is 43.9 Å². The first-order valence-electron chi connectivity index (χ1n) is 10.3. The fourth-order valence-corrected chi connectivity index (χ4v) is 3.93. The van der Waals surface area contributed by atoms with Crippen molar-refractivity contribution >= 4 is 5.91 Å². The van der Waals surface area contributed by atoms with Crippen LogP contribution in [-0.4, -0.2) is 30.4 Å². The van der Waals surface area contributed by atoms with Crippen LogP contribution < -0.4 is 5.32 Å². The van der Waals surface area contributed by atoms with E-state index in [1.54, 1.807) is 12.1 Å². The average Bonchev–Trinajstić information content (AvgIpc) is 2.72. The van der Waals surface area contributed by atoms with Gasteiger partial charge in [-0.25, -0.2) is 4.39 Å². The molecule has 3 rings (SSSR count). The summed E-state index contributed by atoms with van der Waals surface area (Å²) in [6.45, 7) is 7.14. The van der Waals surface area contributed by atoms with Gasteiger partial charge in [0.05, 0.1) is 6.04 Å². The third-order valence-corrected chi connectivity index (χ3v) is 5.71. The Kier molecular flexibility index (Phi) is 7.21. The van der Waals surface area contributed by atoms with Crippen LogP contribution in [0.15, 0.2) is 54.6 Å². The van der Waals surface area contributed by atoms with E-state index in [0.717, 1.165) is 44.5 Å². The zero-order chi connectivity index (χ0) is 19.9. The maximum atomic E-state index is 13.2. The highest BCUT2D eigenvalue weighted by Crippen LogP contribution is 2.24. The van der Waals surface area contributed by atoms with Gasteiger partial charge in [-0.15, -0.1) is 0 Å². The second-order valence-electron chi connectivity index (χ2n) is 8.13. The fraction of sp³-hybridized carbons (Fsp3) is 0.458. The molecule has 1 fully saturated rings. The van der Waals surface area contributed by atoms with Crippen molar-refractivity contribution in [1.82, 2.24) is 10.2 Å². The van der Waals surface area contributed by atoms with Crippen LogP contribution in [0.25, 0.3) is 0 Å². The molecule has 0 aromatic heterocycles. The molecule has 28 heavy (non-hydrogen) atoms. The van der Waals surface area contributed by atoms with Crippen LogP contribution in [0.5, 0.6) is 0 Å². The number of amides is 1. The third kappa shape index (κ3) is 5.65. The monoisotopic (exact) mass is 382 g/mol. The molecule has 3 nitrogen and oxygen atoms in total. The minimum absolute atomic E-state index is 0.0645. The van der Waals surface area contributed by atoms with E-state index in [-0.39, 0.29) is 29.6 Å². The molecule has 1 saturated heterocycles. The van der Waals surface area contributed by atoms with Gasteiger partial charge in [0, 0.05) is 12.5 Å². The second-order valence-corrected chi connectivity index (χ2v) is 8.13. The molecule has 0 aliphatic carbocycles. The number of piperidine rings is 1. The quantitative estimate of drug-likeness (QED) is 0.759. The van der Waals surface area contributed by atoms with Crippen molar-refractivity contribution in [2.75, 3.05) is 19.6 Å². The first-order valence-corrected chi connectivity index (χ1v) is 10.3. The summed E-state index contributed by atoms with van der Waals surface area (Å²) in [6.07, 6.45) is 2.85. The molecule has 4 heteroatoms. The lowest BCUT2D eigenvalue weighted by atomic mass is 9.92. The number of nitrogens with one attached hydrogen (secondary N) is 1. The van der Waals surface area contributed by atoms with Gasteiger partial charge in [-0.3, -0.25) is 4.79 Å². The SMILES string of the molecule is CC(C)C(NC(=O)C1CCN(CCc2ccccc2)CC1)c1ccc(F)cc1. The Balaban J connectivity index is 1.49. The lowest BCUT2D eigenvalue weighted by molar-refractivity contribution is -0.127. The fourth-order valence-electron chi connectivity index (χ4n) is 3.93. The van der Waals surface area contributed by atoms with Gasteiger partial charge in [0.1, 0.15) is 5.82 Å². The van der Waals surface area contributed by atoms with E-state index in [9.17, 15) is 9.18 Å². The van der Waals surface area contributed by atoms with E-state index in [1.807, 2.05) is 6.07 Å². The first kappa shape index (κ1) is 20.5. The summed E-state index contributed by atoms with van der Waals surface area (Å²) in [4.78, 5) is 15.3. The van der Waals surface area contributed by atoms with E-state index in [0.29, 0.717) is 0 Å². The predicted molar refractivity (Wildman–Crippen MR) is 111 cm³/mol. The molecule has 0 saturated carbocycles. The Bertz CT molecular complexity index is 737. The van der Waals surface area contributed by atoms with Gasteiger partial charge >= 0.3 is 0 Å². The Morgan fingerprint density at radius 3 is 2.32 bits per heavy atom. The number of hydrogen-bond acceptors (Lipinski definition) is 2. The lowest BCUT2D eigenvalue weighted by Crippen LogP contribution is -2.42. The highest BCUT2D eigenvalue weighted by Gasteiger charge is 2.27. The molecule has 1 N–H and O–H groups in total. The van der Waals surface area contributed by atoms with E-state index in [1.165, 1.54) is 17.7 Å². The maximum Gasteiger partial charge on any atom is 0.223 e. The van der Waals surface area contributed by atoms with Gasteiger partial charge in [0.2, 0.25) is 5.91 Å². The average molecular weight is 383 g/mol. The predicted octanol–water partition coefficient (Wildman–Crippen LogP) is 4.59. The molecule has 2 aromatic carbocycles. The van der Waals surface area contributed by atoms with Crippen molar-refractivity contribution in [3.05, 3.63) is 71.5 Å². The van der Waals surface area contributed by atoms with Crippen LogP contribution in [0.4, 0.5) is 4.39 Å². The van der Waals surface area contributed by atoms with Crippen molar-refractivity contribution < 1.29 is 9.18 Å². The smallest absolute Gasteiger partial charge is 0.223 e. The van der Waals surface area contributed by atoms with Crippen molar-refractivity contribution in [2.24, 2.45) is 11.8 Å². The number of nitrogens with zero attached hydrogens (tertiary/aromatic N) is 1. The van der Waals surface area contributed by atoms with Gasteiger partial charge in [-0.1, -0.05) is 56.3 Å². The number of carbonyl (C=O) groups excluding carboxylic acids is 1. The molecule has 150 valence electrons. The Labute approximate surface area is 167 Å². The van der Waals surface area contributed by atoms with Gasteiger partial charge in [-0.2, -0.15) is 0 Å². The van der Waals surface area contributed by atoms with Crippen LogP contribution in [0.3, 0.4) is 0 Å². The van der Waals surface area contributed by atoms with E-state index in [4.69, 9.17) is 0 Å². The normalized spacial score (nSPS) is 16.9. The van der Waals surface area contributed by atoms with Crippen LogP contribution in [-0.2, 0) is 11.2 Å². The molecular formula is C24H31FN2O. The summed E-state index contributed by atoms with van der Waals surface area (Å²) >= 11 is 0. The lowest BCUT2D eigenvalue weighted by Gasteiger charge is -2.33. The number of hydrogen-bond donors (Lipinski definition) is 1. The summed E-state index contributed by atoms with van der Waals surface area (Å²) in [5.41, 5.74) is 2.33. The van der Waals surface area contributed by atoms with Gasteiger partial charge in [0.15, 0.2) is 0 Å². The molecule has 0 radical (unpaired) electrons. The van der Waals surface area contributed by atoms with Crippen molar-refractivity contribution in [3.8, 4) is 0 Å². The summed E-state index contributed by atoms with van der Waals surface area (Å²) in [5.74, 6) is 0.196. The maximum absolute atomic E-state index is 13.2. The zero-order valence-corrected chi connectivity index (χ0v) is 16.9. The minimum atomic E-state index is -0.250. The highest BCUT2D eigenvalue weighted by molar-refractivity contribution is 5.79. The number of likely N-dealkylation sites (tertiary alicyclic amines) is 1. The summed E-state index contributed by atoms with van der Waals surface area (Å²) in [6, 6.07) is 16.9. The number of halogens is 1. The van der Waals surface area contributed by atoms with E-state index >= 15 is 0 Å². The molecule has 1 amide bonds. The number of carbonyl (C=O) groups is 1. The Hall–Kier alpha value is -2.20. The Morgan fingerprint density at radius 2 is 1.71 bits per heavy atom. The molecule has 0 bridgehead atoms. The standard InChI is InChI=1S/C24H31FN2O/c1-18(2)23(20-8-10-22(25)11-9-20)26-24(28)21-13-16-27(17-14-21)15-12-19-6-4-3-5-7-19/h3-11,18,21,23H,12-17H2,1-2H3,(H,26,28). The van der Waals surface area contributed by atoms with Crippen LogP contribution >= 0.6 is 0 Å². The summed E-state index contributed by atoms with van der Waals surface area (Å²) in [7, 11) is 0. The molecule has 1 atom stereocenters. The molecule has 0 spiro atoms. The Morgan fingerprint density at radius 1 is 1.07 bits per heavy atom. The van der Waals surface area contributed by atoms with E-state index < -0.39 is 0 Å². The highest BCUT2D eigenvalue weighted by atomic mass is 19.1. The van der Waals surface area contributed by atoms with Crippen molar-refractivity contribution in [3.63, 3.8) is 0 Å². The molecule has 1 heterocycles. The van der Waals surface area contributed by atoms with Crippen molar-refractivity contribution in [2.45, 2.75) is 39.2 Å². The van der Waals surface area contributed by atoms with Crippen LogP contribution in [0.2, 0.25) is 0 Å². The zero-order valence-electron chi connectivity index (χ0n) is 16.9. The largest absolute Gasteiger partial charge is 0.349 e. The topological polar surface area (TPSA) is 32.3 Å². The summed E-state index contributed by atoms with van der Waals surface area (Å²) in [5, 5.41) is 3.21. The molecule has 1 aliphatic rings. The molecule has 2 aromatic rings. The number of benzene rings is 2.